The highest BCUT2D eigenvalue weighted by atomic mass is 127. The number of rotatable bonds is 0. The van der Waals surface area contributed by atoms with Crippen LogP contribution in [-0.4, -0.2) is 0 Å². The molecule has 2 nitrogen and oxygen atoms in total. The van der Waals surface area contributed by atoms with Crippen molar-refractivity contribution in [2.24, 2.45) is 7.05 Å². The van der Waals surface area contributed by atoms with Crippen molar-refractivity contribution in [3.05, 3.63) is 23.5 Å². The molecule has 4 heteroatoms. The second kappa shape index (κ2) is 3.98. The number of pyridine rings is 1. The molecule has 0 fully saturated rings. The standard InChI is InChI=1S/C6H8ClN2.HI/c1-9-4-2-3-5(8)6(9)7;/h2-4H,8H2,1H3;1H/q+1;/p-1. The number of nitrogen functional groups attached to an aromatic ring is 1. The normalized spacial score (nSPS) is 8.60. The van der Waals surface area contributed by atoms with Gasteiger partial charge in [-0.1, -0.05) is 0 Å². The first kappa shape index (κ1) is 9.97. The van der Waals surface area contributed by atoms with Crippen molar-refractivity contribution in [2.75, 3.05) is 5.73 Å². The van der Waals surface area contributed by atoms with E-state index in [1.165, 1.54) is 0 Å². The van der Waals surface area contributed by atoms with Crippen molar-refractivity contribution in [3.63, 3.8) is 0 Å². The Hall–Kier alpha value is -0.0300. The van der Waals surface area contributed by atoms with Gasteiger partial charge in [0.05, 0.1) is 0 Å². The molecule has 0 aromatic carbocycles. The van der Waals surface area contributed by atoms with Gasteiger partial charge in [-0.25, -0.2) is 0 Å². The summed E-state index contributed by atoms with van der Waals surface area (Å²) in [5.41, 5.74) is 6.08. The maximum absolute atomic E-state index is 5.72. The third-order valence-corrected chi connectivity index (χ3v) is 1.62. The molecule has 0 amide bonds. The fraction of sp³-hybridized carbons (Fsp3) is 0.167. The monoisotopic (exact) mass is 270 g/mol. The van der Waals surface area contributed by atoms with E-state index in [2.05, 4.69) is 0 Å². The molecule has 0 unspecified atom stereocenters. The quantitative estimate of drug-likeness (QED) is 0.322. The number of halogens is 2. The number of hydrogen-bond acceptors (Lipinski definition) is 1. The van der Waals surface area contributed by atoms with Crippen LogP contribution < -0.4 is 34.3 Å². The molecule has 0 saturated heterocycles. The lowest BCUT2D eigenvalue weighted by atomic mass is 10.4. The Morgan fingerprint density at radius 2 is 2.20 bits per heavy atom. The van der Waals surface area contributed by atoms with E-state index in [0.29, 0.717) is 10.8 Å². The molecule has 0 radical (unpaired) electrons. The van der Waals surface area contributed by atoms with Gasteiger partial charge >= 0.3 is 0 Å². The Morgan fingerprint density at radius 1 is 1.60 bits per heavy atom. The lowest BCUT2D eigenvalue weighted by molar-refractivity contribution is -0.668. The number of nitrogens with two attached hydrogens (primary N) is 1. The molecule has 0 saturated carbocycles. The summed E-state index contributed by atoms with van der Waals surface area (Å²) in [5.74, 6) is 0. The molecule has 56 valence electrons. The minimum Gasteiger partial charge on any atom is -1.00 e. The molecular formula is C6H8ClIN2. The molecule has 10 heavy (non-hydrogen) atoms. The molecule has 0 spiro atoms. The van der Waals surface area contributed by atoms with Crippen LogP contribution in [0.15, 0.2) is 18.3 Å². The van der Waals surface area contributed by atoms with Gasteiger partial charge in [0, 0.05) is 6.07 Å². The van der Waals surface area contributed by atoms with Crippen LogP contribution in [0.25, 0.3) is 0 Å². The Morgan fingerprint density at radius 3 is 2.60 bits per heavy atom. The zero-order chi connectivity index (χ0) is 6.85. The summed E-state index contributed by atoms with van der Waals surface area (Å²) in [4.78, 5) is 0. The SMILES string of the molecule is C[n+]1cccc(N)c1Cl.[I-]. The van der Waals surface area contributed by atoms with Crippen molar-refractivity contribution in [1.29, 1.82) is 0 Å². The summed E-state index contributed by atoms with van der Waals surface area (Å²) in [6.07, 6.45) is 1.85. The highest BCUT2D eigenvalue weighted by Crippen LogP contribution is 2.09. The van der Waals surface area contributed by atoms with Gasteiger partial charge in [-0.2, -0.15) is 4.57 Å². The van der Waals surface area contributed by atoms with Crippen LogP contribution in [0.3, 0.4) is 0 Å². The molecule has 1 aromatic rings. The third kappa shape index (κ3) is 1.98. The summed E-state index contributed by atoms with van der Waals surface area (Å²) in [6.45, 7) is 0. The van der Waals surface area contributed by atoms with Crippen molar-refractivity contribution >= 4 is 17.3 Å². The molecule has 0 aliphatic carbocycles. The Bertz CT molecular complexity index is 207. The molecule has 1 aromatic heterocycles. The minimum absolute atomic E-state index is 0. The van der Waals surface area contributed by atoms with Crippen LogP contribution in [-0.2, 0) is 7.05 Å². The smallest absolute Gasteiger partial charge is 0.297 e. The van der Waals surface area contributed by atoms with Crippen LogP contribution >= 0.6 is 11.6 Å². The van der Waals surface area contributed by atoms with Crippen molar-refractivity contribution in [1.82, 2.24) is 0 Å². The molecule has 0 atom stereocenters. The van der Waals surface area contributed by atoms with Gasteiger partial charge in [0.15, 0.2) is 6.20 Å². The Labute approximate surface area is 82.0 Å². The van der Waals surface area contributed by atoms with E-state index < -0.39 is 0 Å². The zero-order valence-electron chi connectivity index (χ0n) is 5.51. The third-order valence-electron chi connectivity index (χ3n) is 1.13. The van der Waals surface area contributed by atoms with Crippen LogP contribution in [0, 0.1) is 0 Å². The molecular weight excluding hydrogens is 262 g/mol. The van der Waals surface area contributed by atoms with Gasteiger partial charge < -0.3 is 29.7 Å². The largest absolute Gasteiger partial charge is 1.00 e. The number of nitrogens with zero attached hydrogens (tertiary/aromatic N) is 1. The zero-order valence-corrected chi connectivity index (χ0v) is 8.43. The molecule has 0 aliphatic heterocycles. The second-order valence-electron chi connectivity index (χ2n) is 1.87. The summed E-state index contributed by atoms with van der Waals surface area (Å²) in [5, 5.41) is 0.581. The summed E-state index contributed by atoms with van der Waals surface area (Å²) >= 11 is 5.72. The van der Waals surface area contributed by atoms with E-state index >= 15 is 0 Å². The van der Waals surface area contributed by atoms with Crippen LogP contribution in [0.5, 0.6) is 0 Å². The number of aryl methyl sites for hydroxylation is 1. The van der Waals surface area contributed by atoms with Gasteiger partial charge in [-0.05, 0) is 17.7 Å². The average molecular weight is 271 g/mol. The summed E-state index contributed by atoms with van der Waals surface area (Å²) in [7, 11) is 1.85. The Balaban J connectivity index is 0.000000810. The maximum Gasteiger partial charge on any atom is 0.297 e. The predicted molar refractivity (Wildman–Crippen MR) is 37.0 cm³/mol. The second-order valence-corrected chi connectivity index (χ2v) is 2.22. The van der Waals surface area contributed by atoms with Crippen molar-refractivity contribution in [2.45, 2.75) is 0 Å². The average Bonchev–Trinajstić information content (AvgIpc) is 1.83. The fourth-order valence-electron chi connectivity index (χ4n) is 0.614. The molecule has 2 N–H and O–H groups in total. The van der Waals surface area contributed by atoms with Gasteiger partial charge in [0.2, 0.25) is 0 Å². The van der Waals surface area contributed by atoms with Crippen LogP contribution in [0.4, 0.5) is 5.69 Å². The molecule has 1 heterocycles. The van der Waals surface area contributed by atoms with Crippen molar-refractivity contribution < 1.29 is 28.5 Å². The number of aromatic nitrogens is 1. The first-order valence-electron chi connectivity index (χ1n) is 2.61. The van der Waals surface area contributed by atoms with E-state index in [0.717, 1.165) is 0 Å². The summed E-state index contributed by atoms with van der Waals surface area (Å²) in [6, 6.07) is 3.61. The molecule has 0 bridgehead atoms. The lowest BCUT2D eigenvalue weighted by Crippen LogP contribution is -3.00. The fourth-order valence-corrected chi connectivity index (χ4v) is 0.733. The maximum atomic E-state index is 5.72. The van der Waals surface area contributed by atoms with Crippen LogP contribution in [0.2, 0.25) is 5.15 Å². The lowest BCUT2D eigenvalue weighted by Gasteiger charge is -1.91. The highest BCUT2D eigenvalue weighted by molar-refractivity contribution is 6.30. The van der Waals surface area contributed by atoms with E-state index in [9.17, 15) is 0 Å². The number of hydrogen-bond donors (Lipinski definition) is 1. The van der Waals surface area contributed by atoms with E-state index in [1.54, 1.807) is 10.6 Å². The minimum atomic E-state index is 0. The van der Waals surface area contributed by atoms with Gasteiger partial charge in [-0.15, -0.1) is 0 Å². The van der Waals surface area contributed by atoms with E-state index in [4.69, 9.17) is 17.3 Å². The molecule has 1 rings (SSSR count). The van der Waals surface area contributed by atoms with Crippen LogP contribution in [0.1, 0.15) is 0 Å². The van der Waals surface area contributed by atoms with Gasteiger partial charge in [0.25, 0.3) is 5.15 Å². The summed E-state index contributed by atoms with van der Waals surface area (Å²) < 4.78 is 1.76. The van der Waals surface area contributed by atoms with Gasteiger partial charge in [-0.3, -0.25) is 0 Å². The van der Waals surface area contributed by atoms with Crippen molar-refractivity contribution in [3.8, 4) is 0 Å². The first-order valence-corrected chi connectivity index (χ1v) is 2.99. The topological polar surface area (TPSA) is 29.9 Å². The van der Waals surface area contributed by atoms with E-state index in [1.807, 2.05) is 19.3 Å². The highest BCUT2D eigenvalue weighted by Gasteiger charge is 2.03. The Kier molecular flexibility index (Phi) is 3.96. The van der Waals surface area contributed by atoms with Gasteiger partial charge in [0.1, 0.15) is 12.7 Å². The number of anilines is 1. The molecule has 0 aliphatic rings. The first-order chi connectivity index (χ1) is 4.22. The van der Waals surface area contributed by atoms with E-state index in [-0.39, 0.29) is 24.0 Å². The predicted octanol–water partition coefficient (Wildman–Crippen LogP) is -2.25.